The number of ether oxygens (including phenoxy) is 1. The lowest BCUT2D eigenvalue weighted by Crippen LogP contribution is -2.39. The maximum Gasteiger partial charge on any atom is 0.0607 e. The summed E-state index contributed by atoms with van der Waals surface area (Å²) in [5.74, 6) is 0. The van der Waals surface area contributed by atoms with Crippen molar-refractivity contribution in [3.63, 3.8) is 0 Å². The molecule has 0 aromatic heterocycles. The summed E-state index contributed by atoms with van der Waals surface area (Å²) >= 11 is 0. The highest BCUT2D eigenvalue weighted by Crippen LogP contribution is 2.40. The van der Waals surface area contributed by atoms with Crippen LogP contribution >= 0.6 is 0 Å². The van der Waals surface area contributed by atoms with Crippen LogP contribution in [0.2, 0.25) is 0 Å². The van der Waals surface area contributed by atoms with Crippen molar-refractivity contribution in [2.75, 3.05) is 6.61 Å². The van der Waals surface area contributed by atoms with E-state index in [1.807, 2.05) is 0 Å². The monoisotopic (exact) mass is 252 g/mol. The van der Waals surface area contributed by atoms with E-state index in [0.29, 0.717) is 6.10 Å². The van der Waals surface area contributed by atoms with E-state index in [9.17, 15) is 0 Å². The average Bonchev–Trinajstić information content (AvgIpc) is 2.50. The molecule has 1 saturated heterocycles. The van der Waals surface area contributed by atoms with Crippen LogP contribution in [0.15, 0.2) is 60.7 Å². The zero-order valence-corrected chi connectivity index (χ0v) is 11.4. The molecular formula is C18H20O. The summed E-state index contributed by atoms with van der Waals surface area (Å²) in [6, 6.07) is 21.6. The Balaban J connectivity index is 2.06. The van der Waals surface area contributed by atoms with Crippen molar-refractivity contribution in [1.29, 1.82) is 0 Å². The van der Waals surface area contributed by atoms with Crippen LogP contribution in [0.25, 0.3) is 0 Å². The first-order valence-corrected chi connectivity index (χ1v) is 7.04. The van der Waals surface area contributed by atoms with Crippen molar-refractivity contribution in [2.24, 2.45) is 0 Å². The Morgan fingerprint density at radius 2 is 1.42 bits per heavy atom. The molecular weight excluding hydrogens is 232 g/mol. The molecule has 0 N–H and O–H groups in total. The van der Waals surface area contributed by atoms with Crippen molar-refractivity contribution in [3.05, 3.63) is 71.8 Å². The van der Waals surface area contributed by atoms with Crippen molar-refractivity contribution in [1.82, 2.24) is 0 Å². The minimum atomic E-state index is 0.0228. The lowest BCUT2D eigenvalue weighted by atomic mass is 9.70. The van der Waals surface area contributed by atoms with Gasteiger partial charge >= 0.3 is 0 Å². The quantitative estimate of drug-likeness (QED) is 0.779. The SMILES string of the molecule is CC1CCC(c2ccccc2)(c2ccccc2)CO1. The highest BCUT2D eigenvalue weighted by Gasteiger charge is 2.38. The first-order chi connectivity index (χ1) is 9.31. The van der Waals surface area contributed by atoms with Crippen LogP contribution in [-0.4, -0.2) is 12.7 Å². The van der Waals surface area contributed by atoms with Gasteiger partial charge in [0.15, 0.2) is 0 Å². The lowest BCUT2D eigenvalue weighted by molar-refractivity contribution is -0.00831. The smallest absolute Gasteiger partial charge is 0.0607 e. The van der Waals surface area contributed by atoms with E-state index in [4.69, 9.17) is 4.74 Å². The molecule has 1 aliphatic heterocycles. The van der Waals surface area contributed by atoms with Gasteiger partial charge in [0.1, 0.15) is 0 Å². The Morgan fingerprint density at radius 1 is 0.895 bits per heavy atom. The summed E-state index contributed by atoms with van der Waals surface area (Å²) in [6.45, 7) is 2.95. The summed E-state index contributed by atoms with van der Waals surface area (Å²) in [4.78, 5) is 0. The molecule has 2 aromatic carbocycles. The molecule has 1 fully saturated rings. The third-order valence-electron chi connectivity index (χ3n) is 4.24. The molecule has 2 aromatic rings. The van der Waals surface area contributed by atoms with Gasteiger partial charge in [0.25, 0.3) is 0 Å². The zero-order chi connectivity index (χ0) is 13.1. The van der Waals surface area contributed by atoms with E-state index in [2.05, 4.69) is 67.6 Å². The molecule has 0 saturated carbocycles. The van der Waals surface area contributed by atoms with Gasteiger partial charge in [-0.2, -0.15) is 0 Å². The fourth-order valence-corrected chi connectivity index (χ4v) is 3.03. The Kier molecular flexibility index (Phi) is 3.39. The second-order valence-corrected chi connectivity index (χ2v) is 5.47. The summed E-state index contributed by atoms with van der Waals surface area (Å²) in [5, 5.41) is 0. The van der Waals surface area contributed by atoms with Crippen molar-refractivity contribution >= 4 is 0 Å². The van der Waals surface area contributed by atoms with Crippen LogP contribution in [0, 0.1) is 0 Å². The second kappa shape index (κ2) is 5.18. The summed E-state index contributed by atoms with van der Waals surface area (Å²) < 4.78 is 6.00. The molecule has 1 atom stereocenters. The van der Waals surface area contributed by atoms with Gasteiger partial charge in [-0.05, 0) is 30.9 Å². The third kappa shape index (κ3) is 2.31. The van der Waals surface area contributed by atoms with Crippen LogP contribution in [0.1, 0.15) is 30.9 Å². The molecule has 19 heavy (non-hydrogen) atoms. The zero-order valence-electron chi connectivity index (χ0n) is 11.4. The van der Waals surface area contributed by atoms with Crippen molar-refractivity contribution in [3.8, 4) is 0 Å². The van der Waals surface area contributed by atoms with E-state index in [0.717, 1.165) is 19.4 Å². The van der Waals surface area contributed by atoms with Gasteiger partial charge in [0.05, 0.1) is 12.7 Å². The first kappa shape index (κ1) is 12.4. The predicted octanol–water partition coefficient (Wildman–Crippen LogP) is 4.17. The Bertz CT molecular complexity index is 468. The van der Waals surface area contributed by atoms with Gasteiger partial charge in [-0.3, -0.25) is 0 Å². The van der Waals surface area contributed by atoms with Gasteiger partial charge in [0.2, 0.25) is 0 Å². The molecule has 0 amide bonds. The van der Waals surface area contributed by atoms with Crippen LogP contribution < -0.4 is 0 Å². The highest BCUT2D eigenvalue weighted by molar-refractivity contribution is 5.40. The fraction of sp³-hybridized carbons (Fsp3) is 0.333. The molecule has 0 bridgehead atoms. The fourth-order valence-electron chi connectivity index (χ4n) is 3.03. The number of rotatable bonds is 2. The Morgan fingerprint density at radius 3 is 1.84 bits per heavy atom. The van der Waals surface area contributed by atoms with E-state index in [1.165, 1.54) is 11.1 Å². The molecule has 1 heteroatoms. The third-order valence-corrected chi connectivity index (χ3v) is 4.24. The molecule has 1 unspecified atom stereocenters. The van der Waals surface area contributed by atoms with Gasteiger partial charge in [-0.25, -0.2) is 0 Å². The average molecular weight is 252 g/mol. The van der Waals surface area contributed by atoms with Gasteiger partial charge in [-0.15, -0.1) is 0 Å². The lowest BCUT2D eigenvalue weighted by Gasteiger charge is -2.40. The van der Waals surface area contributed by atoms with Crippen LogP contribution in [0.5, 0.6) is 0 Å². The molecule has 1 nitrogen and oxygen atoms in total. The number of benzene rings is 2. The molecule has 0 radical (unpaired) electrons. The molecule has 3 rings (SSSR count). The van der Waals surface area contributed by atoms with E-state index in [1.54, 1.807) is 0 Å². The molecule has 0 spiro atoms. The maximum absolute atomic E-state index is 6.00. The molecule has 0 aliphatic carbocycles. The summed E-state index contributed by atoms with van der Waals surface area (Å²) in [7, 11) is 0. The van der Waals surface area contributed by atoms with Gasteiger partial charge in [-0.1, -0.05) is 60.7 Å². The number of hydrogen-bond acceptors (Lipinski definition) is 1. The predicted molar refractivity (Wildman–Crippen MR) is 78.3 cm³/mol. The number of hydrogen-bond donors (Lipinski definition) is 0. The topological polar surface area (TPSA) is 9.23 Å². The van der Waals surface area contributed by atoms with Crippen LogP contribution in [0.4, 0.5) is 0 Å². The Labute approximate surface area is 115 Å². The molecule has 1 heterocycles. The largest absolute Gasteiger partial charge is 0.377 e. The van der Waals surface area contributed by atoms with E-state index >= 15 is 0 Å². The molecule has 1 aliphatic rings. The second-order valence-electron chi connectivity index (χ2n) is 5.47. The normalized spacial score (nSPS) is 22.1. The van der Waals surface area contributed by atoms with Crippen LogP contribution in [0.3, 0.4) is 0 Å². The summed E-state index contributed by atoms with van der Waals surface area (Å²) in [6.07, 6.45) is 2.65. The Hall–Kier alpha value is -1.60. The van der Waals surface area contributed by atoms with Gasteiger partial charge < -0.3 is 4.74 Å². The first-order valence-electron chi connectivity index (χ1n) is 7.04. The summed E-state index contributed by atoms with van der Waals surface area (Å²) in [5.41, 5.74) is 2.76. The van der Waals surface area contributed by atoms with E-state index in [-0.39, 0.29) is 5.41 Å². The minimum Gasteiger partial charge on any atom is -0.377 e. The molecule has 98 valence electrons. The standard InChI is InChI=1S/C18H20O/c1-15-12-13-18(14-19-15,16-8-4-2-5-9-16)17-10-6-3-7-11-17/h2-11,15H,12-14H2,1H3. The van der Waals surface area contributed by atoms with Crippen LogP contribution in [-0.2, 0) is 10.2 Å². The van der Waals surface area contributed by atoms with Gasteiger partial charge in [0, 0.05) is 5.41 Å². The minimum absolute atomic E-state index is 0.0228. The van der Waals surface area contributed by atoms with E-state index < -0.39 is 0 Å². The maximum atomic E-state index is 6.00. The highest BCUT2D eigenvalue weighted by atomic mass is 16.5. The van der Waals surface area contributed by atoms with Crippen molar-refractivity contribution in [2.45, 2.75) is 31.3 Å². The van der Waals surface area contributed by atoms with Crippen molar-refractivity contribution < 1.29 is 4.74 Å².